The molecular formula is C15H27IN3-. The second-order valence-corrected chi connectivity index (χ2v) is 9.31. The summed E-state index contributed by atoms with van der Waals surface area (Å²) < 4.78 is 3.94. The molecule has 0 amide bonds. The Morgan fingerprint density at radius 1 is 1.21 bits per heavy atom. The van der Waals surface area contributed by atoms with E-state index in [1.165, 1.54) is 32.2 Å². The van der Waals surface area contributed by atoms with Crippen molar-refractivity contribution in [3.05, 3.63) is 0 Å². The van der Waals surface area contributed by atoms with Crippen molar-refractivity contribution >= 4 is 4.22 Å². The van der Waals surface area contributed by atoms with Gasteiger partial charge in [-0.3, -0.25) is 0 Å². The third-order valence-electron chi connectivity index (χ3n) is 6.07. The van der Waals surface area contributed by atoms with Crippen molar-refractivity contribution in [2.45, 2.75) is 39.0 Å². The number of hydrogen-bond acceptors (Lipinski definition) is 3. The molecule has 3 saturated carbocycles. The van der Waals surface area contributed by atoms with Gasteiger partial charge in [-0.1, -0.05) is 0 Å². The minimum absolute atomic E-state index is 0.241. The van der Waals surface area contributed by atoms with Crippen LogP contribution in [0.3, 0.4) is 0 Å². The number of nitrogens with zero attached hydrogens (tertiary/aromatic N) is 1. The number of hydrogen-bond donors (Lipinski definition) is 2. The zero-order valence-corrected chi connectivity index (χ0v) is 14.1. The van der Waals surface area contributed by atoms with Gasteiger partial charge in [-0.2, -0.15) is 0 Å². The van der Waals surface area contributed by atoms with Crippen molar-refractivity contribution in [3.63, 3.8) is 0 Å². The molecule has 19 heavy (non-hydrogen) atoms. The fraction of sp³-hybridized carbons (Fsp3) is 0.933. The molecule has 0 aromatic carbocycles. The standard InChI is InChI=1S/C15H27IN3/c1-2-11-5-12-6-14(11)15-4-10(3-13(12)15)7-19(9-18)16-8-17/h8,10-15,17H,2-7,9,18H2,1H3/q-1. The number of rotatable bonds is 6. The van der Waals surface area contributed by atoms with Crippen LogP contribution in [-0.2, 0) is 0 Å². The van der Waals surface area contributed by atoms with Gasteiger partial charge in [0.2, 0.25) is 0 Å². The maximum absolute atomic E-state index is 7.29. The molecule has 3 nitrogen and oxygen atoms in total. The van der Waals surface area contributed by atoms with E-state index < -0.39 is 0 Å². The SMILES string of the molecule is CCC1CC2CC1C1CC(CN(CN)[I-]C=N)CC21. The molecule has 3 aliphatic rings. The molecule has 0 heterocycles. The van der Waals surface area contributed by atoms with E-state index in [0.717, 1.165) is 35.5 Å². The van der Waals surface area contributed by atoms with Gasteiger partial charge in [0.1, 0.15) is 0 Å². The molecule has 6 unspecified atom stereocenters. The van der Waals surface area contributed by atoms with Gasteiger partial charge < -0.3 is 0 Å². The van der Waals surface area contributed by atoms with Gasteiger partial charge in [-0.25, -0.2) is 0 Å². The summed E-state index contributed by atoms with van der Waals surface area (Å²) in [4.78, 5) is 0. The van der Waals surface area contributed by atoms with Crippen LogP contribution in [0, 0.1) is 40.9 Å². The van der Waals surface area contributed by atoms with Gasteiger partial charge in [0.15, 0.2) is 0 Å². The Bertz CT molecular complexity index is 333. The van der Waals surface area contributed by atoms with Gasteiger partial charge >= 0.3 is 128 Å². The Morgan fingerprint density at radius 2 is 2.00 bits per heavy atom. The van der Waals surface area contributed by atoms with Crippen molar-refractivity contribution in [2.75, 3.05) is 13.2 Å². The summed E-state index contributed by atoms with van der Waals surface area (Å²) in [5, 5.41) is 7.29. The van der Waals surface area contributed by atoms with E-state index in [0.29, 0.717) is 6.67 Å². The Balaban J connectivity index is 1.58. The third-order valence-corrected chi connectivity index (χ3v) is 7.92. The molecule has 0 saturated heterocycles. The third kappa shape index (κ3) is 2.60. The molecule has 0 spiro atoms. The van der Waals surface area contributed by atoms with Crippen molar-refractivity contribution in [1.29, 1.82) is 5.41 Å². The zero-order valence-electron chi connectivity index (χ0n) is 11.9. The molecule has 110 valence electrons. The van der Waals surface area contributed by atoms with E-state index in [-0.39, 0.29) is 21.5 Å². The van der Waals surface area contributed by atoms with Crippen LogP contribution in [0.4, 0.5) is 0 Å². The van der Waals surface area contributed by atoms with Crippen LogP contribution in [0.15, 0.2) is 0 Å². The number of nitrogens with one attached hydrogen (secondary N) is 1. The minimum atomic E-state index is -0.241. The molecule has 0 aromatic rings. The van der Waals surface area contributed by atoms with Crippen LogP contribution < -0.4 is 27.2 Å². The first-order chi connectivity index (χ1) is 9.26. The molecule has 3 fully saturated rings. The Hall–Kier alpha value is 0.320. The summed E-state index contributed by atoms with van der Waals surface area (Å²) in [6, 6.07) is 0. The van der Waals surface area contributed by atoms with Gasteiger partial charge in [-0.05, 0) is 0 Å². The number of halogens is 1. The average molecular weight is 376 g/mol. The molecule has 0 aromatic heterocycles. The van der Waals surface area contributed by atoms with Crippen LogP contribution in [0.25, 0.3) is 0 Å². The Labute approximate surface area is 127 Å². The predicted molar refractivity (Wildman–Crippen MR) is 74.2 cm³/mol. The van der Waals surface area contributed by atoms with Crippen LogP contribution in [-0.4, -0.2) is 20.5 Å². The predicted octanol–water partition coefficient (Wildman–Crippen LogP) is -0.476. The second-order valence-electron chi connectivity index (χ2n) is 6.76. The monoisotopic (exact) mass is 376 g/mol. The molecule has 4 heteroatoms. The fourth-order valence-electron chi connectivity index (χ4n) is 5.45. The van der Waals surface area contributed by atoms with E-state index in [1.807, 2.05) is 0 Å². The summed E-state index contributed by atoms with van der Waals surface area (Å²) in [5.41, 5.74) is 5.81. The molecule has 6 atom stereocenters. The van der Waals surface area contributed by atoms with E-state index in [1.54, 1.807) is 10.6 Å². The zero-order chi connectivity index (χ0) is 13.4. The average Bonchev–Trinajstić information content (AvgIpc) is 3.07. The quantitative estimate of drug-likeness (QED) is 0.285. The van der Waals surface area contributed by atoms with Gasteiger partial charge in [0.25, 0.3) is 0 Å². The maximum atomic E-state index is 7.29. The van der Waals surface area contributed by atoms with E-state index in [9.17, 15) is 0 Å². The van der Waals surface area contributed by atoms with Crippen molar-refractivity contribution in [1.82, 2.24) is 3.11 Å². The topological polar surface area (TPSA) is 53.1 Å². The van der Waals surface area contributed by atoms with Crippen molar-refractivity contribution < 1.29 is 21.5 Å². The summed E-state index contributed by atoms with van der Waals surface area (Å²) in [6.45, 7) is 4.21. The van der Waals surface area contributed by atoms with E-state index in [4.69, 9.17) is 11.1 Å². The molecule has 2 bridgehead atoms. The Kier molecular flexibility index (Phi) is 4.49. The van der Waals surface area contributed by atoms with Gasteiger partial charge in [-0.15, -0.1) is 0 Å². The normalized spacial score (nSPS) is 44.2. The number of nitrogens with two attached hydrogens (primary N) is 1. The number of fused-ring (bicyclic) bond motifs is 5. The van der Waals surface area contributed by atoms with Gasteiger partial charge in [0, 0.05) is 0 Å². The summed E-state index contributed by atoms with van der Waals surface area (Å²) in [7, 11) is 0. The Morgan fingerprint density at radius 3 is 2.68 bits per heavy atom. The molecular weight excluding hydrogens is 349 g/mol. The molecule has 3 aliphatic carbocycles. The van der Waals surface area contributed by atoms with Crippen LogP contribution in [0.2, 0.25) is 0 Å². The summed E-state index contributed by atoms with van der Waals surface area (Å²) in [6.07, 6.45) is 7.40. The van der Waals surface area contributed by atoms with E-state index >= 15 is 0 Å². The van der Waals surface area contributed by atoms with Crippen molar-refractivity contribution in [2.24, 2.45) is 41.2 Å². The molecule has 0 radical (unpaired) electrons. The summed E-state index contributed by atoms with van der Waals surface area (Å²) >= 11 is -0.241. The van der Waals surface area contributed by atoms with Crippen LogP contribution in [0.1, 0.15) is 39.0 Å². The fourth-order valence-corrected chi connectivity index (χ4v) is 6.85. The first kappa shape index (κ1) is 14.3. The van der Waals surface area contributed by atoms with Crippen LogP contribution in [0.5, 0.6) is 0 Å². The van der Waals surface area contributed by atoms with Gasteiger partial charge in [0.05, 0.1) is 0 Å². The molecule has 0 aliphatic heterocycles. The van der Waals surface area contributed by atoms with Crippen molar-refractivity contribution in [3.8, 4) is 0 Å². The first-order valence-electron chi connectivity index (χ1n) is 7.84. The molecule has 3 rings (SSSR count). The first-order valence-corrected chi connectivity index (χ1v) is 10.1. The van der Waals surface area contributed by atoms with E-state index in [2.05, 4.69) is 10.0 Å². The second kappa shape index (κ2) is 5.98. The van der Waals surface area contributed by atoms with Crippen LogP contribution >= 0.6 is 0 Å². The summed E-state index contributed by atoms with van der Waals surface area (Å²) in [5.74, 6) is 6.15. The molecule has 3 N–H and O–H groups in total.